The minimum Gasteiger partial charge on any atom is -0.351 e. The van der Waals surface area contributed by atoms with Gasteiger partial charge in [-0.15, -0.1) is 0 Å². The lowest BCUT2D eigenvalue weighted by atomic mass is 9.54. The number of carbonyl (C=O) groups excluding carboxylic acids is 2. The highest BCUT2D eigenvalue weighted by Crippen LogP contribution is 2.53. The summed E-state index contributed by atoms with van der Waals surface area (Å²) in [6.07, 6.45) is 10.6. The Labute approximate surface area is 138 Å². The number of carbonyl (C=O) groups is 2. The second-order valence-electron chi connectivity index (χ2n) is 8.93. The Kier molecular flexibility index (Phi) is 3.24. The van der Waals surface area contributed by atoms with Crippen molar-refractivity contribution < 1.29 is 9.59 Å². The third kappa shape index (κ3) is 2.40. The summed E-state index contributed by atoms with van der Waals surface area (Å²) in [5, 5.41) is 3.42. The molecule has 5 saturated carbocycles. The lowest BCUT2D eigenvalue weighted by molar-refractivity contribution is -0.140. The van der Waals surface area contributed by atoms with Crippen LogP contribution in [0.25, 0.3) is 0 Å². The Bertz CT molecular complexity index is 499. The fourth-order valence-corrected chi connectivity index (χ4v) is 6.29. The maximum absolute atomic E-state index is 12.9. The van der Waals surface area contributed by atoms with Gasteiger partial charge in [0.1, 0.15) is 6.04 Å². The highest BCUT2D eigenvalue weighted by atomic mass is 16.2. The van der Waals surface area contributed by atoms with Gasteiger partial charge in [-0.2, -0.15) is 0 Å². The van der Waals surface area contributed by atoms with Crippen LogP contribution in [0, 0.1) is 29.6 Å². The van der Waals surface area contributed by atoms with Gasteiger partial charge in [-0.25, -0.2) is 0 Å². The van der Waals surface area contributed by atoms with Crippen LogP contribution in [-0.2, 0) is 9.59 Å². The Hall–Kier alpha value is -1.06. The minimum atomic E-state index is -0.180. The van der Waals surface area contributed by atoms with E-state index in [0.29, 0.717) is 17.9 Å². The summed E-state index contributed by atoms with van der Waals surface area (Å²) >= 11 is 0. The molecule has 6 fully saturated rings. The van der Waals surface area contributed by atoms with E-state index in [1.807, 2.05) is 4.90 Å². The van der Waals surface area contributed by atoms with Crippen LogP contribution < -0.4 is 5.32 Å². The first-order valence-corrected chi connectivity index (χ1v) is 9.80. The van der Waals surface area contributed by atoms with Crippen molar-refractivity contribution in [3.63, 3.8) is 0 Å². The molecule has 4 bridgehead atoms. The number of hydrogen-bond acceptors (Lipinski definition) is 2. The molecule has 6 rings (SSSR count). The highest BCUT2D eigenvalue weighted by molar-refractivity contribution is 5.90. The summed E-state index contributed by atoms with van der Waals surface area (Å²) in [4.78, 5) is 27.2. The topological polar surface area (TPSA) is 49.4 Å². The zero-order valence-electron chi connectivity index (χ0n) is 13.9. The van der Waals surface area contributed by atoms with Crippen molar-refractivity contribution in [2.75, 3.05) is 6.54 Å². The summed E-state index contributed by atoms with van der Waals surface area (Å²) in [5.41, 5.74) is 0. The molecular formula is C19H28N2O2. The first-order chi connectivity index (χ1) is 11.2. The van der Waals surface area contributed by atoms with Gasteiger partial charge in [0, 0.05) is 18.5 Å². The second-order valence-corrected chi connectivity index (χ2v) is 8.93. The molecule has 0 aromatic heterocycles. The van der Waals surface area contributed by atoms with Crippen molar-refractivity contribution in [2.24, 2.45) is 29.6 Å². The summed E-state index contributed by atoms with van der Waals surface area (Å²) in [6.45, 7) is 0.787. The smallest absolute Gasteiger partial charge is 0.243 e. The quantitative estimate of drug-likeness (QED) is 0.869. The van der Waals surface area contributed by atoms with Gasteiger partial charge in [0.15, 0.2) is 0 Å². The van der Waals surface area contributed by atoms with Gasteiger partial charge in [0.2, 0.25) is 11.8 Å². The highest BCUT2D eigenvalue weighted by Gasteiger charge is 2.49. The molecule has 1 N–H and O–H groups in total. The molecule has 2 amide bonds. The van der Waals surface area contributed by atoms with Crippen LogP contribution in [0.15, 0.2) is 0 Å². The molecular weight excluding hydrogens is 288 g/mol. The van der Waals surface area contributed by atoms with E-state index in [-0.39, 0.29) is 23.8 Å². The third-order valence-electron chi connectivity index (χ3n) is 7.30. The average Bonchev–Trinajstić information content (AvgIpc) is 3.26. The lowest BCUT2D eigenvalue weighted by Crippen LogP contribution is -2.58. The molecule has 126 valence electrons. The van der Waals surface area contributed by atoms with Crippen molar-refractivity contribution in [3.8, 4) is 0 Å². The number of rotatable bonds is 3. The number of hydrogen-bond donors (Lipinski definition) is 1. The van der Waals surface area contributed by atoms with E-state index in [1.54, 1.807) is 0 Å². The van der Waals surface area contributed by atoms with Gasteiger partial charge < -0.3 is 10.2 Å². The average molecular weight is 316 g/mol. The van der Waals surface area contributed by atoms with Gasteiger partial charge in [-0.3, -0.25) is 9.59 Å². The largest absolute Gasteiger partial charge is 0.351 e. The monoisotopic (exact) mass is 316 g/mol. The SMILES string of the molecule is O=C(NC1C2CC3CC(C2)CC1C3)C1CCCN1C(=O)C1CC1. The van der Waals surface area contributed by atoms with E-state index in [9.17, 15) is 9.59 Å². The van der Waals surface area contributed by atoms with Crippen LogP contribution >= 0.6 is 0 Å². The van der Waals surface area contributed by atoms with Crippen LogP contribution in [0.4, 0.5) is 0 Å². The molecule has 23 heavy (non-hydrogen) atoms. The van der Waals surface area contributed by atoms with Crippen molar-refractivity contribution >= 4 is 11.8 Å². The summed E-state index contributed by atoms with van der Waals surface area (Å²) in [5.74, 6) is 3.91. The van der Waals surface area contributed by atoms with E-state index in [0.717, 1.165) is 44.1 Å². The lowest BCUT2D eigenvalue weighted by Gasteiger charge is -2.54. The molecule has 5 aliphatic carbocycles. The normalized spacial score (nSPS) is 44.6. The van der Waals surface area contributed by atoms with Gasteiger partial charge >= 0.3 is 0 Å². The Morgan fingerprint density at radius 3 is 2.13 bits per heavy atom. The Morgan fingerprint density at radius 2 is 1.52 bits per heavy atom. The Balaban J connectivity index is 1.27. The standard InChI is InChI=1S/C19H28N2O2/c22-18(16-2-1-5-21(16)19(23)13-3-4-13)20-17-14-7-11-6-12(9-14)10-15(17)8-11/h11-17H,1-10H2,(H,20,22). The molecule has 0 radical (unpaired) electrons. The third-order valence-corrected chi connectivity index (χ3v) is 7.30. The number of nitrogens with one attached hydrogen (secondary N) is 1. The second kappa shape index (κ2) is 5.22. The number of nitrogens with zero attached hydrogens (tertiary/aromatic N) is 1. The maximum atomic E-state index is 12.9. The predicted octanol–water partition coefficient (Wildman–Crippen LogP) is 2.33. The molecule has 1 unspecified atom stereocenters. The molecule has 4 nitrogen and oxygen atoms in total. The van der Waals surface area contributed by atoms with Crippen LogP contribution in [0.1, 0.15) is 57.8 Å². The fraction of sp³-hybridized carbons (Fsp3) is 0.895. The van der Waals surface area contributed by atoms with E-state index in [4.69, 9.17) is 0 Å². The summed E-state index contributed by atoms with van der Waals surface area (Å²) < 4.78 is 0. The predicted molar refractivity (Wildman–Crippen MR) is 86.4 cm³/mol. The molecule has 1 saturated heterocycles. The molecule has 6 aliphatic rings. The molecule has 4 heteroatoms. The number of likely N-dealkylation sites (tertiary alicyclic amines) is 1. The molecule has 0 aromatic carbocycles. The number of amides is 2. The van der Waals surface area contributed by atoms with Crippen molar-refractivity contribution in [1.29, 1.82) is 0 Å². The molecule has 1 heterocycles. The summed E-state index contributed by atoms with van der Waals surface area (Å²) in [6, 6.07) is 0.217. The van der Waals surface area contributed by atoms with Crippen molar-refractivity contribution in [1.82, 2.24) is 10.2 Å². The van der Waals surface area contributed by atoms with Crippen LogP contribution in [0.3, 0.4) is 0 Å². The van der Waals surface area contributed by atoms with Gasteiger partial charge in [0.25, 0.3) is 0 Å². The van der Waals surface area contributed by atoms with Gasteiger partial charge in [-0.1, -0.05) is 0 Å². The molecule has 0 aromatic rings. The first kappa shape index (κ1) is 14.3. The van der Waals surface area contributed by atoms with E-state index >= 15 is 0 Å². The van der Waals surface area contributed by atoms with Crippen LogP contribution in [-0.4, -0.2) is 35.3 Å². The zero-order valence-corrected chi connectivity index (χ0v) is 13.9. The van der Waals surface area contributed by atoms with E-state index in [1.165, 1.54) is 32.1 Å². The van der Waals surface area contributed by atoms with E-state index < -0.39 is 0 Å². The zero-order chi connectivity index (χ0) is 15.6. The molecule has 1 atom stereocenters. The fourth-order valence-electron chi connectivity index (χ4n) is 6.29. The van der Waals surface area contributed by atoms with Crippen LogP contribution in [0.2, 0.25) is 0 Å². The molecule has 0 spiro atoms. The van der Waals surface area contributed by atoms with E-state index in [2.05, 4.69) is 5.32 Å². The first-order valence-electron chi connectivity index (χ1n) is 9.80. The summed E-state index contributed by atoms with van der Waals surface area (Å²) in [7, 11) is 0. The van der Waals surface area contributed by atoms with Gasteiger partial charge in [-0.05, 0) is 81.5 Å². The van der Waals surface area contributed by atoms with Crippen LogP contribution in [0.5, 0.6) is 0 Å². The molecule has 1 aliphatic heterocycles. The van der Waals surface area contributed by atoms with Crippen molar-refractivity contribution in [2.45, 2.75) is 69.9 Å². The van der Waals surface area contributed by atoms with Gasteiger partial charge in [0.05, 0.1) is 0 Å². The minimum absolute atomic E-state index is 0.147. The maximum Gasteiger partial charge on any atom is 0.243 e. The Morgan fingerprint density at radius 1 is 0.870 bits per heavy atom. The van der Waals surface area contributed by atoms with Crippen molar-refractivity contribution in [3.05, 3.63) is 0 Å².